The molecular weight excluding hydrogens is 251 g/mol. The molecule has 2 aliphatic heterocycles. The van der Waals surface area contributed by atoms with Gasteiger partial charge in [0.15, 0.2) is 5.82 Å². The molecule has 0 saturated carbocycles. The number of aromatic nitrogens is 1. The van der Waals surface area contributed by atoms with E-state index in [0.717, 1.165) is 12.6 Å². The van der Waals surface area contributed by atoms with E-state index in [0.29, 0.717) is 12.8 Å². The van der Waals surface area contributed by atoms with Crippen LogP contribution in [0, 0.1) is 11.7 Å². The maximum Gasteiger partial charge on any atom is 0.308 e. The van der Waals surface area contributed by atoms with Crippen LogP contribution in [0.25, 0.3) is 0 Å². The standard InChI is InChI=1S/C13H13FN2O3/c14-10-6-15-4-3-8(10)12(17)16-7-1-2-11(16)9(5-7)13(18)19/h3-4,6-7,9,11H,1-2,5H2,(H,18,19). The Hall–Kier alpha value is -1.98. The average Bonchev–Trinajstić information content (AvgIpc) is 2.96. The molecule has 3 unspecified atom stereocenters. The van der Waals surface area contributed by atoms with Crippen molar-refractivity contribution in [3.8, 4) is 0 Å². The lowest BCUT2D eigenvalue weighted by atomic mass is 9.89. The maximum absolute atomic E-state index is 13.6. The van der Waals surface area contributed by atoms with Crippen LogP contribution < -0.4 is 0 Å². The molecule has 1 N–H and O–H groups in total. The fraction of sp³-hybridized carbons (Fsp3) is 0.462. The Balaban J connectivity index is 1.90. The summed E-state index contributed by atoms with van der Waals surface area (Å²) >= 11 is 0. The van der Waals surface area contributed by atoms with Crippen molar-refractivity contribution < 1.29 is 19.1 Å². The van der Waals surface area contributed by atoms with E-state index in [1.165, 1.54) is 12.3 Å². The van der Waals surface area contributed by atoms with Gasteiger partial charge in [0.2, 0.25) is 0 Å². The minimum Gasteiger partial charge on any atom is -0.481 e. The van der Waals surface area contributed by atoms with Gasteiger partial charge in [-0.2, -0.15) is 0 Å². The van der Waals surface area contributed by atoms with E-state index in [2.05, 4.69) is 4.98 Å². The van der Waals surface area contributed by atoms with Gasteiger partial charge in [-0.25, -0.2) is 4.39 Å². The van der Waals surface area contributed by atoms with E-state index >= 15 is 0 Å². The lowest BCUT2D eigenvalue weighted by Gasteiger charge is -2.23. The zero-order valence-electron chi connectivity index (χ0n) is 10.1. The number of halogens is 1. The number of pyridine rings is 1. The number of hydrogen-bond donors (Lipinski definition) is 1. The van der Waals surface area contributed by atoms with Gasteiger partial charge in [0, 0.05) is 18.3 Å². The Kier molecular flexibility index (Phi) is 2.73. The Morgan fingerprint density at radius 2 is 2.21 bits per heavy atom. The second kappa shape index (κ2) is 4.29. The number of carboxylic acid groups (broad SMARTS) is 1. The smallest absolute Gasteiger partial charge is 0.308 e. The number of nitrogens with zero attached hydrogens (tertiary/aromatic N) is 2. The summed E-state index contributed by atoms with van der Waals surface area (Å²) in [5.74, 6) is -2.48. The van der Waals surface area contributed by atoms with Crippen LogP contribution in [0.5, 0.6) is 0 Å². The molecular formula is C13H13FN2O3. The molecule has 1 aromatic heterocycles. The highest BCUT2D eigenvalue weighted by molar-refractivity contribution is 5.95. The molecule has 6 heteroatoms. The Morgan fingerprint density at radius 3 is 2.84 bits per heavy atom. The van der Waals surface area contributed by atoms with Crippen LogP contribution in [0.15, 0.2) is 18.5 Å². The van der Waals surface area contributed by atoms with Crippen molar-refractivity contribution in [3.63, 3.8) is 0 Å². The highest BCUT2D eigenvalue weighted by Crippen LogP contribution is 2.42. The van der Waals surface area contributed by atoms with Crippen LogP contribution in [0.1, 0.15) is 29.6 Å². The second-order valence-electron chi connectivity index (χ2n) is 5.05. The average molecular weight is 264 g/mol. The number of aliphatic carboxylic acids is 1. The molecule has 19 heavy (non-hydrogen) atoms. The van der Waals surface area contributed by atoms with Gasteiger partial charge in [-0.05, 0) is 25.3 Å². The number of amides is 1. The van der Waals surface area contributed by atoms with Gasteiger partial charge in [0.1, 0.15) is 0 Å². The van der Waals surface area contributed by atoms with E-state index in [9.17, 15) is 14.0 Å². The van der Waals surface area contributed by atoms with Gasteiger partial charge in [-0.15, -0.1) is 0 Å². The highest BCUT2D eigenvalue weighted by atomic mass is 19.1. The van der Waals surface area contributed by atoms with Crippen molar-refractivity contribution in [2.24, 2.45) is 5.92 Å². The Bertz CT molecular complexity index is 548. The summed E-state index contributed by atoms with van der Waals surface area (Å²) in [6.45, 7) is 0. The molecule has 0 aromatic carbocycles. The highest BCUT2D eigenvalue weighted by Gasteiger charge is 2.51. The molecule has 3 rings (SSSR count). The van der Waals surface area contributed by atoms with E-state index in [1.54, 1.807) is 4.90 Å². The summed E-state index contributed by atoms with van der Waals surface area (Å²) in [6.07, 6.45) is 4.31. The number of rotatable bonds is 2. The number of carbonyl (C=O) groups excluding carboxylic acids is 1. The van der Waals surface area contributed by atoms with Gasteiger partial charge < -0.3 is 10.0 Å². The molecule has 1 aromatic rings. The van der Waals surface area contributed by atoms with Gasteiger partial charge in [-0.1, -0.05) is 0 Å². The van der Waals surface area contributed by atoms with Gasteiger partial charge in [-0.3, -0.25) is 14.6 Å². The Labute approximate surface area is 109 Å². The number of fused-ring (bicyclic) bond motifs is 2. The Morgan fingerprint density at radius 1 is 1.42 bits per heavy atom. The molecule has 2 fully saturated rings. The first-order chi connectivity index (χ1) is 9.09. The summed E-state index contributed by atoms with van der Waals surface area (Å²) in [5, 5.41) is 9.14. The molecule has 100 valence electrons. The monoisotopic (exact) mass is 264 g/mol. The third-order valence-electron chi connectivity index (χ3n) is 4.09. The number of carbonyl (C=O) groups is 2. The van der Waals surface area contributed by atoms with Crippen molar-refractivity contribution in [3.05, 3.63) is 29.8 Å². The van der Waals surface area contributed by atoms with Crippen LogP contribution in [0.4, 0.5) is 4.39 Å². The topological polar surface area (TPSA) is 70.5 Å². The lowest BCUT2D eigenvalue weighted by molar-refractivity contribution is -0.142. The molecule has 5 nitrogen and oxygen atoms in total. The second-order valence-corrected chi connectivity index (χ2v) is 5.05. The first-order valence-corrected chi connectivity index (χ1v) is 6.24. The predicted molar refractivity (Wildman–Crippen MR) is 62.9 cm³/mol. The van der Waals surface area contributed by atoms with Gasteiger partial charge >= 0.3 is 5.97 Å². The van der Waals surface area contributed by atoms with Crippen LogP contribution in [0.3, 0.4) is 0 Å². The minimum atomic E-state index is -0.875. The minimum absolute atomic E-state index is 0.0297. The molecule has 0 spiro atoms. The molecule has 3 atom stereocenters. The van der Waals surface area contributed by atoms with Gasteiger partial charge in [0.25, 0.3) is 5.91 Å². The van der Waals surface area contributed by atoms with Crippen molar-refractivity contribution >= 4 is 11.9 Å². The fourth-order valence-corrected chi connectivity index (χ4v) is 3.26. The van der Waals surface area contributed by atoms with Crippen molar-refractivity contribution in [1.82, 2.24) is 9.88 Å². The molecule has 0 aliphatic carbocycles. The quantitative estimate of drug-likeness (QED) is 0.874. The summed E-state index contributed by atoms with van der Waals surface area (Å²) in [6, 6.07) is 0.958. The van der Waals surface area contributed by atoms with E-state index in [4.69, 9.17) is 5.11 Å². The zero-order valence-corrected chi connectivity index (χ0v) is 10.1. The summed E-state index contributed by atoms with van der Waals surface area (Å²) in [4.78, 5) is 28.7. The zero-order chi connectivity index (χ0) is 13.6. The van der Waals surface area contributed by atoms with Crippen molar-refractivity contribution in [2.75, 3.05) is 0 Å². The van der Waals surface area contributed by atoms with Crippen LogP contribution in [-0.2, 0) is 4.79 Å². The molecule has 2 aliphatic rings. The van der Waals surface area contributed by atoms with Crippen molar-refractivity contribution in [1.29, 1.82) is 0 Å². The summed E-state index contributed by atoms with van der Waals surface area (Å²) in [5.41, 5.74) is -0.0297. The maximum atomic E-state index is 13.6. The predicted octanol–water partition coefficient (Wildman–Crippen LogP) is 1.30. The normalized spacial score (nSPS) is 28.7. The summed E-state index contributed by atoms with van der Waals surface area (Å²) < 4.78 is 13.6. The third-order valence-corrected chi connectivity index (χ3v) is 4.09. The van der Waals surface area contributed by atoms with Gasteiger partial charge in [0.05, 0.1) is 17.7 Å². The SMILES string of the molecule is O=C(O)C1CC2CCC1N2C(=O)c1ccncc1F. The molecule has 1 amide bonds. The van der Waals surface area contributed by atoms with Crippen molar-refractivity contribution in [2.45, 2.75) is 31.3 Å². The van der Waals surface area contributed by atoms with E-state index < -0.39 is 23.6 Å². The number of carboxylic acids is 1. The van der Waals surface area contributed by atoms with E-state index in [-0.39, 0.29) is 17.6 Å². The molecule has 0 radical (unpaired) electrons. The fourth-order valence-electron chi connectivity index (χ4n) is 3.26. The van der Waals surface area contributed by atoms with Crippen LogP contribution in [0.2, 0.25) is 0 Å². The molecule has 3 heterocycles. The molecule has 2 saturated heterocycles. The molecule has 2 bridgehead atoms. The largest absolute Gasteiger partial charge is 0.481 e. The van der Waals surface area contributed by atoms with E-state index in [1.807, 2.05) is 0 Å². The summed E-state index contributed by atoms with van der Waals surface area (Å²) in [7, 11) is 0. The first kappa shape index (κ1) is 12.1. The van der Waals surface area contributed by atoms with Crippen LogP contribution in [-0.4, -0.2) is 39.0 Å². The lowest BCUT2D eigenvalue weighted by Crippen LogP contribution is -2.38. The van der Waals surface area contributed by atoms with Crippen LogP contribution >= 0.6 is 0 Å². The third kappa shape index (κ3) is 1.78. The first-order valence-electron chi connectivity index (χ1n) is 6.24. The number of hydrogen-bond acceptors (Lipinski definition) is 3.